The van der Waals surface area contributed by atoms with E-state index >= 15 is 0 Å². The van der Waals surface area contributed by atoms with Crippen molar-refractivity contribution in [1.29, 1.82) is 0 Å². The van der Waals surface area contributed by atoms with Crippen LogP contribution in [0.2, 0.25) is 0 Å². The molecule has 0 bridgehead atoms. The second kappa shape index (κ2) is 7.42. The van der Waals surface area contributed by atoms with E-state index in [2.05, 4.69) is 20.6 Å². The topological polar surface area (TPSA) is 86.9 Å². The second-order valence-electron chi connectivity index (χ2n) is 6.57. The number of H-pyrrole nitrogens is 1. The van der Waals surface area contributed by atoms with Crippen molar-refractivity contribution < 1.29 is 18.0 Å². The minimum Gasteiger partial charge on any atom is -0.353 e. The molecule has 2 aromatic rings. The largest absolute Gasteiger partial charge is 0.416 e. The van der Waals surface area contributed by atoms with Crippen LogP contribution in [0.15, 0.2) is 35.1 Å². The van der Waals surface area contributed by atoms with Gasteiger partial charge in [-0.25, -0.2) is 4.98 Å². The Balaban J connectivity index is 1.69. The highest BCUT2D eigenvalue weighted by molar-refractivity contribution is 5.92. The first kappa shape index (κ1) is 18.9. The highest BCUT2D eigenvalue weighted by Gasteiger charge is 2.30. The van der Waals surface area contributed by atoms with Gasteiger partial charge in [0, 0.05) is 12.1 Å². The molecule has 9 heteroatoms. The summed E-state index contributed by atoms with van der Waals surface area (Å²) < 4.78 is 37.9. The van der Waals surface area contributed by atoms with Crippen LogP contribution in [0, 0.1) is 0 Å². The number of amides is 1. The Bertz CT molecular complexity index is 873. The molecule has 1 atom stereocenters. The average molecular weight is 380 g/mol. The van der Waals surface area contributed by atoms with Crippen molar-refractivity contribution in [2.24, 2.45) is 0 Å². The maximum absolute atomic E-state index is 12.6. The molecule has 1 aliphatic rings. The van der Waals surface area contributed by atoms with E-state index in [9.17, 15) is 22.8 Å². The van der Waals surface area contributed by atoms with Crippen molar-refractivity contribution in [1.82, 2.24) is 15.3 Å². The van der Waals surface area contributed by atoms with Crippen molar-refractivity contribution in [2.45, 2.75) is 44.4 Å². The molecule has 1 unspecified atom stereocenters. The molecule has 27 heavy (non-hydrogen) atoms. The first-order valence-corrected chi connectivity index (χ1v) is 8.58. The molecule has 144 valence electrons. The van der Waals surface area contributed by atoms with Gasteiger partial charge < -0.3 is 10.6 Å². The lowest BCUT2D eigenvalue weighted by Crippen LogP contribution is -2.32. The lowest BCUT2D eigenvalue weighted by atomic mass is 9.93. The van der Waals surface area contributed by atoms with Crippen LogP contribution in [0.5, 0.6) is 0 Å². The van der Waals surface area contributed by atoms with Crippen LogP contribution in [0.3, 0.4) is 0 Å². The second-order valence-corrected chi connectivity index (χ2v) is 6.57. The van der Waals surface area contributed by atoms with Gasteiger partial charge in [-0.05, 0) is 43.9 Å². The number of anilines is 1. The molecule has 0 aliphatic heterocycles. The van der Waals surface area contributed by atoms with Crippen molar-refractivity contribution in [2.75, 3.05) is 5.32 Å². The third kappa shape index (κ3) is 4.66. The van der Waals surface area contributed by atoms with Crippen LogP contribution in [-0.2, 0) is 6.18 Å². The molecule has 6 nitrogen and oxygen atoms in total. The molecule has 1 saturated carbocycles. The predicted octanol–water partition coefficient (Wildman–Crippen LogP) is 3.24. The summed E-state index contributed by atoms with van der Waals surface area (Å²) in [6.45, 7) is 1.64. The summed E-state index contributed by atoms with van der Waals surface area (Å²) in [6, 6.07) is 5.31. The molecule has 1 amide bonds. The number of hydrogen-bond donors (Lipinski definition) is 3. The minimum atomic E-state index is -4.41. The summed E-state index contributed by atoms with van der Waals surface area (Å²) in [4.78, 5) is 30.8. The van der Waals surface area contributed by atoms with E-state index < -0.39 is 29.2 Å². The number of nitrogens with one attached hydrogen (secondary N) is 3. The number of benzene rings is 1. The molecular formula is C18H19F3N4O2. The number of carbonyl (C=O) groups excluding carboxylic acids is 1. The van der Waals surface area contributed by atoms with E-state index in [1.807, 2.05) is 0 Å². The summed E-state index contributed by atoms with van der Waals surface area (Å²) in [6.07, 6.45) is -1.35. The van der Waals surface area contributed by atoms with Crippen molar-refractivity contribution in [3.05, 3.63) is 57.5 Å². The third-order valence-corrected chi connectivity index (χ3v) is 4.51. The molecular weight excluding hydrogens is 361 g/mol. The molecule has 1 aliphatic carbocycles. The number of halogens is 3. The molecule has 0 saturated heterocycles. The molecule has 1 aromatic carbocycles. The summed E-state index contributed by atoms with van der Waals surface area (Å²) in [7, 11) is 0. The fourth-order valence-corrected chi connectivity index (χ4v) is 2.70. The van der Waals surface area contributed by atoms with Crippen molar-refractivity contribution >= 4 is 11.9 Å². The summed E-state index contributed by atoms with van der Waals surface area (Å²) in [5.41, 5.74) is -0.764. The number of alkyl halides is 3. The number of aromatic amines is 1. The van der Waals surface area contributed by atoms with E-state index in [1.165, 1.54) is 12.1 Å². The molecule has 0 radical (unpaired) electrons. The minimum absolute atomic E-state index is 0.0562. The van der Waals surface area contributed by atoms with Crippen molar-refractivity contribution in [3.63, 3.8) is 0 Å². The van der Waals surface area contributed by atoms with Crippen molar-refractivity contribution in [3.8, 4) is 0 Å². The van der Waals surface area contributed by atoms with Gasteiger partial charge in [0.15, 0.2) is 0 Å². The highest BCUT2D eigenvalue weighted by Crippen LogP contribution is 2.30. The number of hydrogen-bond acceptors (Lipinski definition) is 4. The highest BCUT2D eigenvalue weighted by atomic mass is 19.4. The van der Waals surface area contributed by atoms with Gasteiger partial charge in [0.05, 0.1) is 11.6 Å². The van der Waals surface area contributed by atoms with E-state index in [1.54, 1.807) is 6.92 Å². The van der Waals surface area contributed by atoms with E-state index in [0.717, 1.165) is 37.5 Å². The Kier molecular flexibility index (Phi) is 5.20. The van der Waals surface area contributed by atoms with Crippen LogP contribution in [-0.4, -0.2) is 21.9 Å². The normalized spacial score (nSPS) is 15.7. The summed E-state index contributed by atoms with van der Waals surface area (Å²) >= 11 is 0. The van der Waals surface area contributed by atoms with Crippen LogP contribution >= 0.6 is 0 Å². The maximum atomic E-state index is 12.6. The van der Waals surface area contributed by atoms with Crippen LogP contribution in [0.1, 0.15) is 53.8 Å². The standard InChI is InChI=1S/C18H19F3N4O2/c1-10(11-5-7-12(8-6-11)18(19,20)21)22-16(27)14-9-15(26)25-17(24-14)23-13-3-2-4-13/h5-10,13H,2-4H2,1H3,(H,22,27)(H2,23,24,25,26). The van der Waals surface area contributed by atoms with Gasteiger partial charge in [0.1, 0.15) is 5.69 Å². The molecule has 1 fully saturated rings. The predicted molar refractivity (Wildman–Crippen MR) is 93.4 cm³/mol. The average Bonchev–Trinajstić information content (AvgIpc) is 2.57. The van der Waals surface area contributed by atoms with Gasteiger partial charge in [-0.1, -0.05) is 12.1 Å². The zero-order chi connectivity index (χ0) is 19.6. The number of aromatic nitrogens is 2. The van der Waals surface area contributed by atoms with Crippen LogP contribution < -0.4 is 16.2 Å². The number of rotatable bonds is 5. The SMILES string of the molecule is CC(NC(=O)c1cc(=O)[nH]c(NC2CCC2)n1)c1ccc(C(F)(F)F)cc1. The van der Waals surface area contributed by atoms with Gasteiger partial charge in [-0.3, -0.25) is 14.6 Å². The monoisotopic (exact) mass is 380 g/mol. The molecule has 3 rings (SSSR count). The quantitative estimate of drug-likeness (QED) is 0.743. The smallest absolute Gasteiger partial charge is 0.353 e. The van der Waals surface area contributed by atoms with Gasteiger partial charge in [-0.2, -0.15) is 13.2 Å². The number of nitrogens with zero attached hydrogens (tertiary/aromatic N) is 1. The summed E-state index contributed by atoms with van der Waals surface area (Å²) in [5.74, 6) is -0.343. The molecule has 1 aromatic heterocycles. The fraction of sp³-hybridized carbons (Fsp3) is 0.389. The first-order valence-electron chi connectivity index (χ1n) is 8.58. The Morgan fingerprint density at radius 2 is 1.93 bits per heavy atom. The third-order valence-electron chi connectivity index (χ3n) is 4.51. The lowest BCUT2D eigenvalue weighted by molar-refractivity contribution is -0.137. The zero-order valence-corrected chi connectivity index (χ0v) is 14.6. The molecule has 3 N–H and O–H groups in total. The number of carbonyl (C=O) groups is 1. The zero-order valence-electron chi connectivity index (χ0n) is 14.6. The maximum Gasteiger partial charge on any atom is 0.416 e. The molecule has 1 heterocycles. The fourth-order valence-electron chi connectivity index (χ4n) is 2.70. The van der Waals surface area contributed by atoms with E-state index in [0.29, 0.717) is 5.56 Å². The van der Waals surface area contributed by atoms with Gasteiger partial charge in [0.25, 0.3) is 11.5 Å². The van der Waals surface area contributed by atoms with E-state index in [4.69, 9.17) is 0 Å². The lowest BCUT2D eigenvalue weighted by Gasteiger charge is -2.26. The van der Waals surface area contributed by atoms with E-state index in [-0.39, 0.29) is 17.7 Å². The van der Waals surface area contributed by atoms with Gasteiger partial charge in [0.2, 0.25) is 5.95 Å². The Hall–Kier alpha value is -2.84. The first-order chi connectivity index (χ1) is 12.7. The molecule has 0 spiro atoms. The Morgan fingerprint density at radius 1 is 1.26 bits per heavy atom. The van der Waals surface area contributed by atoms with Gasteiger partial charge in [-0.15, -0.1) is 0 Å². The van der Waals surface area contributed by atoms with Crippen LogP contribution in [0.25, 0.3) is 0 Å². The van der Waals surface area contributed by atoms with Gasteiger partial charge >= 0.3 is 6.18 Å². The summed E-state index contributed by atoms with van der Waals surface area (Å²) in [5, 5.41) is 5.71. The Labute approximate surface area is 153 Å². The Morgan fingerprint density at radius 3 is 2.48 bits per heavy atom. The van der Waals surface area contributed by atoms with Crippen LogP contribution in [0.4, 0.5) is 19.1 Å².